The second-order valence-corrected chi connectivity index (χ2v) is 17.6. The first-order valence-corrected chi connectivity index (χ1v) is 20.9. The van der Waals surface area contributed by atoms with Gasteiger partial charge in [0.2, 0.25) is 0 Å². The molecule has 1 atom stereocenters. The van der Waals surface area contributed by atoms with Crippen LogP contribution in [0.1, 0.15) is 70.7 Å². The molecule has 258 valence electrons. The van der Waals surface area contributed by atoms with Crippen molar-refractivity contribution in [3.05, 3.63) is 184 Å². The first-order chi connectivity index (χ1) is 26.5. The molecule has 0 saturated carbocycles. The van der Waals surface area contributed by atoms with Gasteiger partial charge in [-0.25, -0.2) is 0 Å². The van der Waals surface area contributed by atoms with Gasteiger partial charge in [0.05, 0.1) is 0 Å². The lowest BCUT2D eigenvalue weighted by atomic mass is 9.76. The fourth-order valence-electron chi connectivity index (χ4n) is 10.7. The topological polar surface area (TPSA) is 0 Å². The summed E-state index contributed by atoms with van der Waals surface area (Å²) in [6.07, 6.45) is 5.91. The van der Waals surface area contributed by atoms with Crippen LogP contribution in [0, 0.1) is 0 Å². The van der Waals surface area contributed by atoms with Gasteiger partial charge in [0.1, 0.15) is 0 Å². The second-order valence-electron chi connectivity index (χ2n) is 16.6. The Bertz CT molecular complexity index is 2960. The molecule has 0 amide bonds. The molecule has 1 unspecified atom stereocenters. The van der Waals surface area contributed by atoms with Gasteiger partial charge in [0, 0.05) is 16.9 Å². The van der Waals surface area contributed by atoms with E-state index in [1.54, 1.807) is 5.56 Å². The lowest BCUT2D eigenvalue weighted by Gasteiger charge is -2.28. The van der Waals surface area contributed by atoms with E-state index in [4.69, 9.17) is 0 Å². The summed E-state index contributed by atoms with van der Waals surface area (Å²) in [5.41, 5.74) is 20.9. The third-order valence-corrected chi connectivity index (χ3v) is 14.6. The number of hydrogen-bond acceptors (Lipinski definition) is 1. The molecule has 0 N–H and O–H groups in total. The van der Waals surface area contributed by atoms with Gasteiger partial charge in [-0.3, -0.25) is 0 Å². The van der Waals surface area contributed by atoms with Crippen LogP contribution in [0.5, 0.6) is 0 Å². The maximum atomic E-state index is 2.54. The van der Waals surface area contributed by atoms with Crippen molar-refractivity contribution < 1.29 is 0 Å². The minimum atomic E-state index is -0.0966. The third-order valence-electron chi connectivity index (χ3n) is 13.4. The molecular formula is C53H40S. The number of rotatable bonds is 3. The van der Waals surface area contributed by atoms with Gasteiger partial charge in [0.15, 0.2) is 0 Å². The fourth-order valence-corrected chi connectivity index (χ4v) is 11.9. The van der Waals surface area contributed by atoms with Gasteiger partial charge < -0.3 is 0 Å². The fraction of sp³-hybridized carbons (Fsp3) is 0.170. The molecule has 0 fully saturated rings. The van der Waals surface area contributed by atoms with E-state index in [1.807, 2.05) is 0 Å². The van der Waals surface area contributed by atoms with Crippen molar-refractivity contribution in [2.75, 3.05) is 5.75 Å². The van der Waals surface area contributed by atoms with Gasteiger partial charge in [-0.15, -0.1) is 0 Å². The number of aryl methyl sites for hydroxylation is 2. The predicted molar refractivity (Wildman–Crippen MR) is 232 cm³/mol. The van der Waals surface area contributed by atoms with Crippen LogP contribution in [-0.4, -0.2) is 5.75 Å². The standard InChI is InChI=1S/C53H40S/c1-53(2)47-27-37(31-9-11-32(12-10-31)41-21-15-36-14-13-33-5-3-6-34-16-25-45(41)51(36)49(33)34)18-23-43(47)44-24-19-38(28-48(44)53)42-22-20-40-30-54-29-39-8-4-7-35-17-26-46(42)52(40)50(35)39/h3-12,15-19,21-28,40H,13-14,20,29-30H2,1-2H3. The monoisotopic (exact) mass is 708 g/mol. The molecule has 8 aromatic rings. The van der Waals surface area contributed by atoms with Crippen LogP contribution < -0.4 is 0 Å². The molecule has 0 saturated heterocycles. The van der Waals surface area contributed by atoms with E-state index >= 15 is 0 Å². The molecule has 1 heteroatoms. The minimum absolute atomic E-state index is 0.0966. The summed E-state index contributed by atoms with van der Waals surface area (Å²) in [6, 6.07) is 51.7. The molecule has 54 heavy (non-hydrogen) atoms. The van der Waals surface area contributed by atoms with Crippen LogP contribution in [0.2, 0.25) is 0 Å². The van der Waals surface area contributed by atoms with Crippen LogP contribution in [0.3, 0.4) is 0 Å². The van der Waals surface area contributed by atoms with Crippen molar-refractivity contribution >= 4 is 49.7 Å². The Kier molecular flexibility index (Phi) is 6.51. The highest BCUT2D eigenvalue weighted by Crippen LogP contribution is 2.52. The van der Waals surface area contributed by atoms with E-state index < -0.39 is 0 Å². The molecule has 1 aliphatic heterocycles. The van der Waals surface area contributed by atoms with Gasteiger partial charge in [-0.05, 0) is 153 Å². The van der Waals surface area contributed by atoms with E-state index in [0.29, 0.717) is 5.92 Å². The first kappa shape index (κ1) is 31.0. The number of benzene rings is 8. The van der Waals surface area contributed by atoms with Crippen LogP contribution in [0.25, 0.3) is 71.3 Å². The SMILES string of the molecule is CC1(C)c2cc(C3=CCC4CSCc5cccc6ccc3c4c56)ccc2-c2ccc(-c3ccc(-c4ccc5c6c4ccc4cccc(c46)CC5)cc3)cc21. The third kappa shape index (κ3) is 4.34. The summed E-state index contributed by atoms with van der Waals surface area (Å²) in [4.78, 5) is 0. The number of thioether (sulfide) groups is 1. The number of hydrogen-bond donors (Lipinski definition) is 0. The lowest BCUT2D eigenvalue weighted by molar-refractivity contribution is 0.660. The summed E-state index contributed by atoms with van der Waals surface area (Å²) in [5, 5.41) is 8.56. The molecular weight excluding hydrogens is 669 g/mol. The van der Waals surface area contributed by atoms with Crippen molar-refractivity contribution in [3.63, 3.8) is 0 Å². The van der Waals surface area contributed by atoms with E-state index in [2.05, 4.69) is 165 Å². The zero-order chi connectivity index (χ0) is 35.7. The first-order valence-electron chi connectivity index (χ1n) is 19.7. The van der Waals surface area contributed by atoms with E-state index in [1.165, 1.54) is 116 Å². The highest BCUT2D eigenvalue weighted by atomic mass is 32.2. The van der Waals surface area contributed by atoms with Crippen LogP contribution in [0.4, 0.5) is 0 Å². The summed E-state index contributed by atoms with van der Waals surface area (Å²) in [6.45, 7) is 4.84. The summed E-state index contributed by atoms with van der Waals surface area (Å²) in [5.74, 6) is 2.90. The summed E-state index contributed by atoms with van der Waals surface area (Å²) < 4.78 is 0. The molecule has 0 bridgehead atoms. The van der Waals surface area contributed by atoms with Crippen LogP contribution >= 0.6 is 11.8 Å². The van der Waals surface area contributed by atoms with Crippen molar-refractivity contribution in [2.45, 2.75) is 50.2 Å². The molecule has 8 aromatic carbocycles. The molecule has 3 aliphatic carbocycles. The molecule has 4 aliphatic rings. The van der Waals surface area contributed by atoms with Crippen LogP contribution in [0.15, 0.2) is 140 Å². The normalized spacial score (nSPS) is 17.4. The highest BCUT2D eigenvalue weighted by Gasteiger charge is 2.37. The maximum Gasteiger partial charge on any atom is 0.0191 e. The Morgan fingerprint density at radius 2 is 1.15 bits per heavy atom. The number of fused-ring (bicyclic) bond motifs is 3. The lowest BCUT2D eigenvalue weighted by Crippen LogP contribution is -2.15. The Hall–Kier alpha value is -5.37. The Morgan fingerprint density at radius 3 is 1.96 bits per heavy atom. The zero-order valence-electron chi connectivity index (χ0n) is 30.8. The van der Waals surface area contributed by atoms with Crippen molar-refractivity contribution in [1.82, 2.24) is 0 Å². The maximum absolute atomic E-state index is 2.54. The quantitative estimate of drug-likeness (QED) is 0.165. The summed E-state index contributed by atoms with van der Waals surface area (Å²) in [7, 11) is 0. The van der Waals surface area contributed by atoms with Gasteiger partial charge in [-0.2, -0.15) is 11.8 Å². The van der Waals surface area contributed by atoms with E-state index in [9.17, 15) is 0 Å². The molecule has 0 nitrogen and oxygen atoms in total. The molecule has 12 rings (SSSR count). The molecule has 1 heterocycles. The van der Waals surface area contributed by atoms with Crippen molar-refractivity contribution in [2.24, 2.45) is 0 Å². The molecule has 0 radical (unpaired) electrons. The average molecular weight is 709 g/mol. The Morgan fingerprint density at radius 1 is 0.519 bits per heavy atom. The summed E-state index contributed by atoms with van der Waals surface area (Å²) >= 11 is 2.10. The minimum Gasteiger partial charge on any atom is -0.157 e. The van der Waals surface area contributed by atoms with Crippen molar-refractivity contribution in [1.29, 1.82) is 0 Å². The second kappa shape index (κ2) is 11.3. The van der Waals surface area contributed by atoms with E-state index in [-0.39, 0.29) is 5.41 Å². The molecule has 0 spiro atoms. The zero-order valence-corrected chi connectivity index (χ0v) is 31.6. The van der Waals surface area contributed by atoms with Crippen LogP contribution in [-0.2, 0) is 24.0 Å². The van der Waals surface area contributed by atoms with Gasteiger partial charge in [0.25, 0.3) is 0 Å². The average Bonchev–Trinajstić information content (AvgIpc) is 3.31. The van der Waals surface area contributed by atoms with Gasteiger partial charge >= 0.3 is 0 Å². The van der Waals surface area contributed by atoms with Gasteiger partial charge in [-0.1, -0.05) is 141 Å². The Balaban J connectivity index is 0.897. The largest absolute Gasteiger partial charge is 0.157 e. The smallest absolute Gasteiger partial charge is 0.0191 e. The predicted octanol–water partition coefficient (Wildman–Crippen LogP) is 14.1. The Labute approximate surface area is 321 Å². The molecule has 0 aromatic heterocycles. The van der Waals surface area contributed by atoms with Crippen molar-refractivity contribution in [3.8, 4) is 33.4 Å². The number of allylic oxidation sites excluding steroid dienone is 1. The highest BCUT2D eigenvalue weighted by molar-refractivity contribution is 7.98. The van der Waals surface area contributed by atoms with E-state index in [0.717, 1.165) is 25.0 Å².